The van der Waals surface area contributed by atoms with Crippen LogP contribution in [0.2, 0.25) is 0 Å². The topological polar surface area (TPSA) is 43.6 Å². The van der Waals surface area contributed by atoms with E-state index in [4.69, 9.17) is 0 Å². The van der Waals surface area contributed by atoms with Gasteiger partial charge in [0.25, 0.3) is 0 Å². The fourth-order valence-corrected chi connectivity index (χ4v) is 2.08. The molecule has 3 rings (SSSR count). The number of hydrogen-bond donors (Lipinski definition) is 0. The quantitative estimate of drug-likeness (QED) is 0.723. The Bertz CT molecular complexity index is 734. The fraction of sp³-hybridized carbons (Fsp3) is 0.154. The molecule has 0 bridgehead atoms. The number of fused-ring (bicyclic) bond motifs is 1. The molecule has 7 heteroatoms. The van der Waals surface area contributed by atoms with Gasteiger partial charge >= 0.3 is 6.18 Å². The van der Waals surface area contributed by atoms with E-state index in [9.17, 15) is 13.2 Å². The maximum Gasteiger partial charge on any atom is 0.406 e. The van der Waals surface area contributed by atoms with Gasteiger partial charge in [0.05, 0.1) is 17.4 Å². The molecule has 0 N–H and O–H groups in total. The van der Waals surface area contributed by atoms with Crippen LogP contribution >= 0.6 is 0 Å². The first-order valence-corrected chi connectivity index (χ1v) is 5.80. The Morgan fingerprint density at radius 1 is 1.10 bits per heavy atom. The minimum Gasteiger partial charge on any atom is -0.321 e. The molecular weight excluding hydrogens is 269 g/mol. The third-order valence-electron chi connectivity index (χ3n) is 2.87. The third kappa shape index (κ3) is 2.34. The minimum absolute atomic E-state index is 0.434. The predicted molar refractivity (Wildman–Crippen MR) is 66.8 cm³/mol. The van der Waals surface area contributed by atoms with E-state index < -0.39 is 12.7 Å². The molecule has 0 atom stereocenters. The third-order valence-corrected chi connectivity index (χ3v) is 2.87. The Morgan fingerprint density at radius 2 is 1.85 bits per heavy atom. The Balaban J connectivity index is 2.13. The van der Waals surface area contributed by atoms with Crippen molar-refractivity contribution in [2.45, 2.75) is 12.7 Å². The van der Waals surface area contributed by atoms with Crippen LogP contribution in [0.15, 0.2) is 43.2 Å². The van der Waals surface area contributed by atoms with E-state index in [-0.39, 0.29) is 0 Å². The summed E-state index contributed by atoms with van der Waals surface area (Å²) in [6, 6.07) is 5.09. The number of halogens is 3. The van der Waals surface area contributed by atoms with Crippen molar-refractivity contribution in [1.29, 1.82) is 0 Å². The smallest absolute Gasteiger partial charge is 0.321 e. The van der Waals surface area contributed by atoms with Gasteiger partial charge in [0.2, 0.25) is 0 Å². The molecule has 2 aromatic heterocycles. The zero-order valence-electron chi connectivity index (χ0n) is 10.2. The van der Waals surface area contributed by atoms with Gasteiger partial charge in [0.1, 0.15) is 12.9 Å². The van der Waals surface area contributed by atoms with Gasteiger partial charge in [-0.1, -0.05) is 12.1 Å². The van der Waals surface area contributed by atoms with Crippen molar-refractivity contribution in [3.63, 3.8) is 0 Å². The first kappa shape index (κ1) is 12.6. The van der Waals surface area contributed by atoms with E-state index in [1.807, 2.05) is 0 Å². The largest absolute Gasteiger partial charge is 0.406 e. The summed E-state index contributed by atoms with van der Waals surface area (Å²) in [6.45, 7) is -1.06. The SMILES string of the molecule is FC(F)(F)Cn1cnc2c(-c3cncnc3)cccc21. The van der Waals surface area contributed by atoms with E-state index in [2.05, 4.69) is 15.0 Å². The average Bonchev–Trinajstić information content (AvgIpc) is 2.81. The van der Waals surface area contributed by atoms with Crippen LogP contribution in [0.4, 0.5) is 13.2 Å². The maximum absolute atomic E-state index is 12.5. The van der Waals surface area contributed by atoms with Crippen LogP contribution in [0, 0.1) is 0 Å². The van der Waals surface area contributed by atoms with Gasteiger partial charge in [0.15, 0.2) is 0 Å². The Kier molecular flexibility index (Phi) is 2.89. The molecule has 102 valence electrons. The van der Waals surface area contributed by atoms with Crippen molar-refractivity contribution in [1.82, 2.24) is 19.5 Å². The first-order chi connectivity index (χ1) is 9.54. The van der Waals surface area contributed by atoms with E-state index in [1.165, 1.54) is 12.7 Å². The number of benzene rings is 1. The summed E-state index contributed by atoms with van der Waals surface area (Å²) in [5.74, 6) is 0. The van der Waals surface area contributed by atoms with Gasteiger partial charge in [-0.3, -0.25) is 0 Å². The second-order valence-electron chi connectivity index (χ2n) is 4.29. The highest BCUT2D eigenvalue weighted by molar-refractivity contribution is 5.91. The van der Waals surface area contributed by atoms with Crippen molar-refractivity contribution in [2.24, 2.45) is 0 Å². The highest BCUT2D eigenvalue weighted by Crippen LogP contribution is 2.28. The van der Waals surface area contributed by atoms with E-state index in [0.717, 1.165) is 10.1 Å². The number of rotatable bonds is 2. The number of alkyl halides is 3. The fourth-order valence-electron chi connectivity index (χ4n) is 2.08. The molecule has 0 amide bonds. The summed E-state index contributed by atoms with van der Waals surface area (Å²) in [7, 11) is 0. The highest BCUT2D eigenvalue weighted by Gasteiger charge is 2.28. The van der Waals surface area contributed by atoms with Gasteiger partial charge < -0.3 is 4.57 Å². The Morgan fingerprint density at radius 3 is 2.55 bits per heavy atom. The second kappa shape index (κ2) is 4.59. The Hall–Kier alpha value is -2.44. The minimum atomic E-state index is -4.28. The van der Waals surface area contributed by atoms with Crippen molar-refractivity contribution < 1.29 is 13.2 Å². The van der Waals surface area contributed by atoms with E-state index >= 15 is 0 Å². The molecule has 3 aromatic rings. The standard InChI is InChI=1S/C13H9F3N4/c14-13(15,16)6-20-8-19-12-10(2-1-3-11(12)20)9-4-17-7-18-5-9/h1-5,7-8H,6H2. The van der Waals surface area contributed by atoms with Crippen LogP contribution in [0.1, 0.15) is 0 Å². The van der Waals surface area contributed by atoms with Crippen LogP contribution in [-0.2, 0) is 6.54 Å². The van der Waals surface area contributed by atoms with E-state index in [0.29, 0.717) is 16.6 Å². The summed E-state index contributed by atoms with van der Waals surface area (Å²) in [5, 5.41) is 0. The number of aromatic nitrogens is 4. The van der Waals surface area contributed by atoms with Crippen molar-refractivity contribution in [3.05, 3.63) is 43.2 Å². The monoisotopic (exact) mass is 278 g/mol. The molecule has 0 saturated carbocycles. The number of imidazole rings is 1. The van der Waals surface area contributed by atoms with Crippen molar-refractivity contribution in [3.8, 4) is 11.1 Å². The molecule has 0 fully saturated rings. The second-order valence-corrected chi connectivity index (χ2v) is 4.29. The van der Waals surface area contributed by atoms with Crippen LogP contribution < -0.4 is 0 Å². The van der Waals surface area contributed by atoms with Gasteiger partial charge in [-0.15, -0.1) is 0 Å². The summed E-state index contributed by atoms with van der Waals surface area (Å²) in [5.41, 5.74) is 2.37. The zero-order chi connectivity index (χ0) is 14.2. The average molecular weight is 278 g/mol. The van der Waals surface area contributed by atoms with Crippen LogP contribution in [0.3, 0.4) is 0 Å². The number of para-hydroxylation sites is 1. The summed E-state index contributed by atoms with van der Waals surface area (Å²) in [6.07, 6.45) is 1.52. The molecule has 20 heavy (non-hydrogen) atoms. The molecule has 0 saturated heterocycles. The lowest BCUT2D eigenvalue weighted by Gasteiger charge is -2.08. The van der Waals surface area contributed by atoms with Crippen molar-refractivity contribution >= 4 is 11.0 Å². The predicted octanol–water partition coefficient (Wildman–Crippen LogP) is 3.06. The molecule has 0 radical (unpaired) electrons. The van der Waals surface area contributed by atoms with E-state index in [1.54, 1.807) is 30.6 Å². The van der Waals surface area contributed by atoms with Crippen LogP contribution in [0.25, 0.3) is 22.2 Å². The highest BCUT2D eigenvalue weighted by atomic mass is 19.4. The van der Waals surface area contributed by atoms with Gasteiger partial charge in [-0.2, -0.15) is 13.2 Å². The number of nitrogens with zero attached hydrogens (tertiary/aromatic N) is 4. The van der Waals surface area contributed by atoms with Crippen LogP contribution in [0.5, 0.6) is 0 Å². The molecule has 0 spiro atoms. The molecule has 2 heterocycles. The molecule has 0 aliphatic heterocycles. The number of hydrogen-bond acceptors (Lipinski definition) is 3. The Labute approximate surface area is 111 Å². The molecule has 4 nitrogen and oxygen atoms in total. The first-order valence-electron chi connectivity index (χ1n) is 5.80. The molecule has 0 unspecified atom stereocenters. The summed E-state index contributed by atoms with van der Waals surface area (Å²) in [4.78, 5) is 11.9. The van der Waals surface area contributed by atoms with Gasteiger partial charge in [-0.25, -0.2) is 15.0 Å². The lowest BCUT2D eigenvalue weighted by atomic mass is 10.1. The summed E-state index contributed by atoms with van der Waals surface area (Å²) >= 11 is 0. The molecular formula is C13H9F3N4. The lowest BCUT2D eigenvalue weighted by molar-refractivity contribution is -0.139. The van der Waals surface area contributed by atoms with Gasteiger partial charge in [-0.05, 0) is 6.07 Å². The molecule has 0 aliphatic rings. The summed E-state index contributed by atoms with van der Waals surface area (Å²) < 4.78 is 38.6. The lowest BCUT2D eigenvalue weighted by Crippen LogP contribution is -2.16. The molecule has 1 aromatic carbocycles. The normalized spacial score (nSPS) is 11.9. The van der Waals surface area contributed by atoms with Crippen LogP contribution in [-0.4, -0.2) is 25.7 Å². The molecule has 0 aliphatic carbocycles. The maximum atomic E-state index is 12.5. The van der Waals surface area contributed by atoms with Gasteiger partial charge in [0, 0.05) is 23.5 Å². The van der Waals surface area contributed by atoms with Crippen molar-refractivity contribution in [2.75, 3.05) is 0 Å². The zero-order valence-corrected chi connectivity index (χ0v) is 10.2.